The van der Waals surface area contributed by atoms with Crippen LogP contribution in [-0.4, -0.2) is 12.1 Å². The van der Waals surface area contributed by atoms with E-state index in [0.29, 0.717) is 27.6 Å². The van der Waals surface area contributed by atoms with Crippen LogP contribution in [0.15, 0.2) is 12.2 Å². The summed E-state index contributed by atoms with van der Waals surface area (Å²) in [5, 5.41) is 0. The van der Waals surface area contributed by atoms with Crippen molar-refractivity contribution < 1.29 is 9.53 Å². The highest BCUT2D eigenvalue weighted by Crippen LogP contribution is 2.77. The molecule has 10 atom stereocenters. The Morgan fingerprint density at radius 1 is 0.765 bits per heavy atom. The van der Waals surface area contributed by atoms with Gasteiger partial charge < -0.3 is 4.74 Å². The molecule has 0 heterocycles. The average Bonchev–Trinajstić information content (AvgIpc) is 3.08. The molecule has 5 rings (SSSR count). The molecule has 0 amide bonds. The zero-order chi connectivity index (χ0) is 24.9. The molecule has 192 valence electrons. The van der Waals surface area contributed by atoms with E-state index in [9.17, 15) is 4.79 Å². The molecule has 5 fully saturated rings. The molecule has 0 saturated heterocycles. The second-order valence-electron chi connectivity index (χ2n) is 15.3. The first-order valence-corrected chi connectivity index (χ1v) is 14.5. The van der Waals surface area contributed by atoms with Crippen LogP contribution in [0.25, 0.3) is 0 Å². The largest absolute Gasteiger partial charge is 0.462 e. The maximum atomic E-state index is 11.9. The molecule has 5 aliphatic rings. The third-order valence-corrected chi connectivity index (χ3v) is 13.7. The highest BCUT2D eigenvalue weighted by Gasteiger charge is 2.70. The lowest BCUT2D eigenvalue weighted by Gasteiger charge is -2.73. The third kappa shape index (κ3) is 3.08. The Kier molecular flexibility index (Phi) is 5.57. The first-order valence-electron chi connectivity index (χ1n) is 14.5. The number of fused-ring (bicyclic) bond motifs is 7. The zero-order valence-electron chi connectivity index (χ0n) is 23.6. The van der Waals surface area contributed by atoms with Crippen LogP contribution >= 0.6 is 0 Å². The molecule has 0 aliphatic heterocycles. The molecule has 0 bridgehead atoms. The van der Waals surface area contributed by atoms with E-state index in [4.69, 9.17) is 4.74 Å². The van der Waals surface area contributed by atoms with Crippen molar-refractivity contribution >= 4 is 5.97 Å². The highest BCUT2D eigenvalue weighted by molar-refractivity contribution is 5.66. The van der Waals surface area contributed by atoms with E-state index in [1.807, 2.05) is 0 Å². The Balaban J connectivity index is 1.50. The van der Waals surface area contributed by atoms with Gasteiger partial charge in [-0.3, -0.25) is 4.79 Å². The monoisotopic (exact) mass is 468 g/mol. The number of esters is 1. The van der Waals surface area contributed by atoms with Gasteiger partial charge in [0.25, 0.3) is 0 Å². The highest BCUT2D eigenvalue weighted by atomic mass is 16.5. The lowest BCUT2D eigenvalue weighted by atomic mass is 9.32. The minimum atomic E-state index is -0.107. The van der Waals surface area contributed by atoms with Crippen LogP contribution in [0.2, 0.25) is 0 Å². The van der Waals surface area contributed by atoms with Crippen molar-refractivity contribution in [1.82, 2.24) is 0 Å². The Labute approximate surface area is 210 Å². The van der Waals surface area contributed by atoms with Gasteiger partial charge in [0.15, 0.2) is 0 Å². The third-order valence-electron chi connectivity index (χ3n) is 13.7. The molecule has 0 N–H and O–H groups in total. The molecule has 5 aliphatic carbocycles. The van der Waals surface area contributed by atoms with Crippen LogP contribution in [0.1, 0.15) is 120 Å². The molecule has 0 spiro atoms. The van der Waals surface area contributed by atoms with Gasteiger partial charge in [0.05, 0.1) is 0 Å². The zero-order valence-corrected chi connectivity index (χ0v) is 23.6. The number of carbonyl (C=O) groups is 1. The standard InChI is InChI=1S/C32H52O2/c1-20(2)22-12-15-29(6)18-19-31(8)23(27(22)29)10-11-25-30(7)16-14-26(34-21(3)33)28(4,5)24(30)13-17-32(25,31)9/h22-27H,1,10-19H2,2-9H3/t22-,23-,24-,25-,26+,27+,29+,30-,31+,32+/m0/s1. The van der Waals surface area contributed by atoms with Gasteiger partial charge >= 0.3 is 5.97 Å². The summed E-state index contributed by atoms with van der Waals surface area (Å²) in [6, 6.07) is 0. The van der Waals surface area contributed by atoms with Crippen LogP contribution < -0.4 is 0 Å². The van der Waals surface area contributed by atoms with Crippen molar-refractivity contribution in [3.63, 3.8) is 0 Å². The summed E-state index contributed by atoms with van der Waals surface area (Å²) in [4.78, 5) is 11.9. The van der Waals surface area contributed by atoms with Crippen molar-refractivity contribution in [3.8, 4) is 0 Å². The van der Waals surface area contributed by atoms with Gasteiger partial charge in [0.1, 0.15) is 6.10 Å². The summed E-state index contributed by atoms with van der Waals surface area (Å²) < 4.78 is 5.91. The summed E-state index contributed by atoms with van der Waals surface area (Å²) in [7, 11) is 0. The molecular formula is C32H52O2. The van der Waals surface area contributed by atoms with Gasteiger partial charge in [-0.2, -0.15) is 0 Å². The first kappa shape index (κ1) is 24.9. The van der Waals surface area contributed by atoms with E-state index in [-0.39, 0.29) is 17.5 Å². The minimum absolute atomic E-state index is 0.0550. The summed E-state index contributed by atoms with van der Waals surface area (Å²) in [6.07, 6.45) is 13.4. The number of allylic oxidation sites excluding steroid dienone is 1. The number of ether oxygens (including phenoxy) is 1. The Bertz CT molecular complexity index is 872. The molecule has 0 aromatic heterocycles. The molecule has 0 aromatic rings. The van der Waals surface area contributed by atoms with Gasteiger partial charge in [0.2, 0.25) is 0 Å². The topological polar surface area (TPSA) is 26.3 Å². The van der Waals surface area contributed by atoms with Crippen LogP contribution in [0, 0.1) is 56.7 Å². The Morgan fingerprint density at radius 2 is 1.47 bits per heavy atom. The maximum Gasteiger partial charge on any atom is 0.302 e. The fraction of sp³-hybridized carbons (Fsp3) is 0.906. The van der Waals surface area contributed by atoms with E-state index < -0.39 is 0 Å². The molecule has 5 saturated carbocycles. The molecule has 0 aromatic carbocycles. The molecule has 0 radical (unpaired) electrons. The number of hydrogen-bond acceptors (Lipinski definition) is 2. The van der Waals surface area contributed by atoms with Gasteiger partial charge in [-0.15, -0.1) is 0 Å². The lowest BCUT2D eigenvalue weighted by molar-refractivity contribution is -0.248. The van der Waals surface area contributed by atoms with Crippen molar-refractivity contribution in [3.05, 3.63) is 12.2 Å². The second kappa shape index (κ2) is 7.61. The predicted molar refractivity (Wildman–Crippen MR) is 140 cm³/mol. The smallest absolute Gasteiger partial charge is 0.302 e. The van der Waals surface area contributed by atoms with Gasteiger partial charge in [0, 0.05) is 12.3 Å². The quantitative estimate of drug-likeness (QED) is 0.299. The van der Waals surface area contributed by atoms with E-state index in [0.717, 1.165) is 30.1 Å². The van der Waals surface area contributed by atoms with Crippen LogP contribution in [-0.2, 0) is 9.53 Å². The molecule has 0 unspecified atom stereocenters. The van der Waals surface area contributed by atoms with Crippen molar-refractivity contribution in [2.45, 2.75) is 126 Å². The van der Waals surface area contributed by atoms with Crippen LogP contribution in [0.5, 0.6) is 0 Å². The summed E-state index contributed by atoms with van der Waals surface area (Å²) in [6.45, 7) is 23.9. The predicted octanol–water partition coefficient (Wildman–Crippen LogP) is 8.60. The Morgan fingerprint density at radius 3 is 2.12 bits per heavy atom. The normalized spacial score (nSPS) is 53.6. The SMILES string of the molecule is C=C(C)[C@@H]1CC[C@]2(C)CC[C@]3(C)[C@@H](CC[C@H]4[C@@]5(C)CC[C@@H](OC(C)=O)C(C)(C)[C@@H]5CC[C@]43C)[C@@H]12. The molecule has 34 heavy (non-hydrogen) atoms. The van der Waals surface area contributed by atoms with E-state index in [2.05, 4.69) is 55.0 Å². The minimum Gasteiger partial charge on any atom is -0.462 e. The first-order chi connectivity index (χ1) is 15.7. The number of rotatable bonds is 2. The summed E-state index contributed by atoms with van der Waals surface area (Å²) >= 11 is 0. The van der Waals surface area contributed by atoms with Gasteiger partial charge in [-0.1, -0.05) is 53.7 Å². The van der Waals surface area contributed by atoms with E-state index in [1.165, 1.54) is 63.4 Å². The van der Waals surface area contributed by atoms with Gasteiger partial charge in [-0.05, 0) is 122 Å². The fourth-order valence-electron chi connectivity index (χ4n) is 11.9. The number of carbonyl (C=O) groups excluding carboxylic acids is 1. The van der Waals surface area contributed by atoms with Crippen LogP contribution in [0.4, 0.5) is 0 Å². The fourth-order valence-corrected chi connectivity index (χ4v) is 11.9. The maximum absolute atomic E-state index is 11.9. The summed E-state index contributed by atoms with van der Waals surface area (Å²) in [5.74, 6) is 3.74. The Hall–Kier alpha value is -0.790. The van der Waals surface area contributed by atoms with Crippen LogP contribution in [0.3, 0.4) is 0 Å². The summed E-state index contributed by atoms with van der Waals surface area (Å²) in [5.41, 5.74) is 3.23. The molecule has 2 heteroatoms. The van der Waals surface area contributed by atoms with E-state index >= 15 is 0 Å². The molecular weight excluding hydrogens is 416 g/mol. The van der Waals surface area contributed by atoms with Crippen molar-refractivity contribution in [1.29, 1.82) is 0 Å². The lowest BCUT2D eigenvalue weighted by Crippen LogP contribution is -2.66. The van der Waals surface area contributed by atoms with E-state index in [1.54, 1.807) is 6.92 Å². The van der Waals surface area contributed by atoms with Crippen molar-refractivity contribution in [2.24, 2.45) is 56.7 Å². The average molecular weight is 469 g/mol. The number of hydrogen-bond donors (Lipinski definition) is 0. The molecule has 2 nitrogen and oxygen atoms in total. The van der Waals surface area contributed by atoms with Crippen molar-refractivity contribution in [2.75, 3.05) is 0 Å². The van der Waals surface area contributed by atoms with Gasteiger partial charge in [-0.25, -0.2) is 0 Å². The second-order valence-corrected chi connectivity index (χ2v) is 15.3.